The maximum absolute atomic E-state index is 5.80. The minimum atomic E-state index is 0.572. The van der Waals surface area contributed by atoms with E-state index in [0.717, 1.165) is 50.8 Å². The Balaban J connectivity index is 1.69. The number of para-hydroxylation sites is 2. The highest BCUT2D eigenvalue weighted by molar-refractivity contribution is 7.80. The van der Waals surface area contributed by atoms with E-state index in [1.54, 1.807) is 7.11 Å². The van der Waals surface area contributed by atoms with E-state index in [2.05, 4.69) is 9.80 Å². The van der Waals surface area contributed by atoms with Crippen LogP contribution in [0.2, 0.25) is 0 Å². The van der Waals surface area contributed by atoms with E-state index in [9.17, 15) is 0 Å². The second kappa shape index (κ2) is 8.17. The summed E-state index contributed by atoms with van der Waals surface area (Å²) in [5, 5.41) is 0. The van der Waals surface area contributed by atoms with E-state index in [4.69, 9.17) is 27.4 Å². The number of benzene rings is 1. The molecule has 0 aliphatic carbocycles. The van der Waals surface area contributed by atoms with Crippen molar-refractivity contribution in [1.82, 2.24) is 9.80 Å². The highest BCUT2D eigenvalue weighted by atomic mass is 32.1. The molecule has 0 atom stereocenters. The summed E-state index contributed by atoms with van der Waals surface area (Å²) in [5.74, 6) is 1.57. The number of methoxy groups -OCH3 is 1. The molecule has 116 valence electrons. The Morgan fingerprint density at radius 1 is 1.14 bits per heavy atom. The molecule has 1 aliphatic rings. The summed E-state index contributed by atoms with van der Waals surface area (Å²) in [6.07, 6.45) is 0. The molecule has 5 nitrogen and oxygen atoms in total. The van der Waals surface area contributed by atoms with Crippen LogP contribution in [0.5, 0.6) is 11.5 Å². The topological polar surface area (TPSA) is 51.0 Å². The first-order valence-electron chi connectivity index (χ1n) is 7.18. The number of nitrogens with zero attached hydrogens (tertiary/aromatic N) is 2. The molecule has 21 heavy (non-hydrogen) atoms. The van der Waals surface area contributed by atoms with Crippen molar-refractivity contribution in [2.75, 3.05) is 53.0 Å². The van der Waals surface area contributed by atoms with E-state index in [-0.39, 0.29) is 0 Å². The maximum Gasteiger partial charge on any atom is 0.161 e. The second-order valence-corrected chi connectivity index (χ2v) is 5.61. The van der Waals surface area contributed by atoms with Gasteiger partial charge < -0.3 is 15.2 Å². The second-order valence-electron chi connectivity index (χ2n) is 5.08. The van der Waals surface area contributed by atoms with Gasteiger partial charge in [-0.1, -0.05) is 24.4 Å². The summed E-state index contributed by atoms with van der Waals surface area (Å²) >= 11 is 4.94. The van der Waals surface area contributed by atoms with Gasteiger partial charge in [-0.2, -0.15) is 0 Å². The van der Waals surface area contributed by atoms with Crippen LogP contribution in [0.4, 0.5) is 0 Å². The predicted octanol–water partition coefficient (Wildman–Crippen LogP) is 0.978. The third-order valence-corrected chi connectivity index (χ3v) is 3.71. The smallest absolute Gasteiger partial charge is 0.161 e. The van der Waals surface area contributed by atoms with Crippen LogP contribution < -0.4 is 15.2 Å². The minimum absolute atomic E-state index is 0.572. The molecule has 0 amide bonds. The molecule has 1 aliphatic heterocycles. The molecule has 0 radical (unpaired) electrons. The number of hydrogen-bond donors (Lipinski definition) is 1. The van der Waals surface area contributed by atoms with E-state index in [0.29, 0.717) is 11.6 Å². The SMILES string of the molecule is COc1ccccc1OCCN1CCN(CC(N)=S)CC1. The van der Waals surface area contributed by atoms with Crippen LogP contribution in [0.1, 0.15) is 0 Å². The van der Waals surface area contributed by atoms with Crippen molar-refractivity contribution in [2.24, 2.45) is 5.73 Å². The molecule has 0 bridgehead atoms. The Labute approximate surface area is 131 Å². The van der Waals surface area contributed by atoms with Crippen LogP contribution in [-0.4, -0.2) is 67.8 Å². The van der Waals surface area contributed by atoms with Gasteiger partial charge in [0.05, 0.1) is 12.1 Å². The van der Waals surface area contributed by atoms with Crippen LogP contribution in [0.25, 0.3) is 0 Å². The van der Waals surface area contributed by atoms with Crippen molar-refractivity contribution in [3.63, 3.8) is 0 Å². The molecule has 0 unspecified atom stereocenters. The number of rotatable bonds is 7. The first-order chi connectivity index (χ1) is 10.2. The van der Waals surface area contributed by atoms with Gasteiger partial charge in [-0.05, 0) is 12.1 Å². The maximum atomic E-state index is 5.80. The van der Waals surface area contributed by atoms with Crippen molar-refractivity contribution < 1.29 is 9.47 Å². The lowest BCUT2D eigenvalue weighted by atomic mass is 10.3. The first-order valence-corrected chi connectivity index (χ1v) is 7.58. The average molecular weight is 309 g/mol. The summed E-state index contributed by atoms with van der Waals surface area (Å²) in [6, 6.07) is 7.72. The van der Waals surface area contributed by atoms with Crippen LogP contribution >= 0.6 is 12.2 Å². The molecule has 1 fully saturated rings. The minimum Gasteiger partial charge on any atom is -0.493 e. The fraction of sp³-hybridized carbons (Fsp3) is 0.533. The van der Waals surface area contributed by atoms with Gasteiger partial charge in [-0.15, -0.1) is 0 Å². The van der Waals surface area contributed by atoms with Gasteiger partial charge >= 0.3 is 0 Å². The number of nitrogens with two attached hydrogens (primary N) is 1. The Morgan fingerprint density at radius 2 is 1.76 bits per heavy atom. The quantitative estimate of drug-likeness (QED) is 0.758. The molecule has 2 rings (SSSR count). The van der Waals surface area contributed by atoms with Gasteiger partial charge in [-0.25, -0.2) is 0 Å². The molecular weight excluding hydrogens is 286 g/mol. The lowest BCUT2D eigenvalue weighted by molar-refractivity contribution is 0.126. The zero-order valence-corrected chi connectivity index (χ0v) is 13.3. The number of hydrogen-bond acceptors (Lipinski definition) is 5. The first kappa shape index (κ1) is 16.0. The zero-order valence-electron chi connectivity index (χ0n) is 12.5. The van der Waals surface area contributed by atoms with E-state index < -0.39 is 0 Å². The molecule has 0 spiro atoms. The molecule has 1 aromatic rings. The van der Waals surface area contributed by atoms with Crippen molar-refractivity contribution in [3.05, 3.63) is 24.3 Å². The largest absolute Gasteiger partial charge is 0.493 e. The van der Waals surface area contributed by atoms with Gasteiger partial charge in [0.15, 0.2) is 11.5 Å². The lowest BCUT2D eigenvalue weighted by Crippen LogP contribution is -2.49. The summed E-state index contributed by atoms with van der Waals surface area (Å²) in [6.45, 7) is 6.36. The lowest BCUT2D eigenvalue weighted by Gasteiger charge is -2.34. The number of ether oxygens (including phenoxy) is 2. The van der Waals surface area contributed by atoms with Gasteiger partial charge in [0.1, 0.15) is 6.61 Å². The number of thiocarbonyl (C=S) groups is 1. The summed E-state index contributed by atoms with van der Waals surface area (Å²) in [7, 11) is 1.66. The summed E-state index contributed by atoms with van der Waals surface area (Å²) in [5.41, 5.74) is 5.57. The fourth-order valence-electron chi connectivity index (χ4n) is 2.41. The van der Waals surface area contributed by atoms with Gasteiger partial charge in [0.2, 0.25) is 0 Å². The zero-order chi connectivity index (χ0) is 15.1. The molecular formula is C15H23N3O2S. The van der Waals surface area contributed by atoms with Gasteiger partial charge in [0, 0.05) is 39.3 Å². The van der Waals surface area contributed by atoms with Crippen LogP contribution in [0.3, 0.4) is 0 Å². The van der Waals surface area contributed by atoms with Crippen LogP contribution in [0.15, 0.2) is 24.3 Å². The van der Waals surface area contributed by atoms with E-state index >= 15 is 0 Å². The molecule has 2 N–H and O–H groups in total. The predicted molar refractivity (Wildman–Crippen MR) is 88.2 cm³/mol. The monoisotopic (exact) mass is 309 g/mol. The Kier molecular flexibility index (Phi) is 6.22. The van der Waals surface area contributed by atoms with Gasteiger partial charge in [-0.3, -0.25) is 9.80 Å². The normalized spacial score (nSPS) is 16.6. The van der Waals surface area contributed by atoms with Gasteiger partial charge in [0.25, 0.3) is 0 Å². The standard InChI is InChI=1S/C15H23N3O2S/c1-19-13-4-2-3-5-14(13)20-11-10-17-6-8-18(9-7-17)12-15(16)21/h2-5H,6-12H2,1H3,(H2,16,21). The van der Waals surface area contributed by atoms with Crippen molar-refractivity contribution in [1.29, 1.82) is 0 Å². The Bertz CT molecular complexity index is 462. The summed E-state index contributed by atoms with van der Waals surface area (Å²) in [4.78, 5) is 5.26. The van der Waals surface area contributed by atoms with E-state index in [1.807, 2.05) is 24.3 Å². The highest BCUT2D eigenvalue weighted by Gasteiger charge is 2.17. The third kappa shape index (κ3) is 5.15. The third-order valence-electron chi connectivity index (χ3n) is 3.58. The van der Waals surface area contributed by atoms with Crippen LogP contribution in [0, 0.1) is 0 Å². The Morgan fingerprint density at radius 3 is 2.38 bits per heavy atom. The van der Waals surface area contributed by atoms with Crippen molar-refractivity contribution >= 4 is 17.2 Å². The Hall–Kier alpha value is -1.37. The molecule has 0 saturated carbocycles. The van der Waals surface area contributed by atoms with Crippen LogP contribution in [-0.2, 0) is 0 Å². The average Bonchev–Trinajstić information content (AvgIpc) is 2.49. The number of piperazine rings is 1. The fourth-order valence-corrected chi connectivity index (χ4v) is 2.60. The van der Waals surface area contributed by atoms with Crippen molar-refractivity contribution in [2.45, 2.75) is 0 Å². The molecule has 0 aromatic heterocycles. The molecule has 1 saturated heterocycles. The molecule has 1 heterocycles. The molecule has 6 heteroatoms. The highest BCUT2D eigenvalue weighted by Crippen LogP contribution is 2.25. The van der Waals surface area contributed by atoms with Crippen molar-refractivity contribution in [3.8, 4) is 11.5 Å². The summed E-state index contributed by atoms with van der Waals surface area (Å²) < 4.78 is 11.1. The van der Waals surface area contributed by atoms with E-state index in [1.165, 1.54) is 0 Å². The molecule has 1 aromatic carbocycles.